The van der Waals surface area contributed by atoms with Gasteiger partial charge in [-0.2, -0.15) is 0 Å². The van der Waals surface area contributed by atoms with Crippen molar-refractivity contribution >= 4 is 17.9 Å². The number of piperidine rings is 1. The molecule has 2 unspecified atom stereocenters. The zero-order valence-corrected chi connectivity index (χ0v) is 12.3. The summed E-state index contributed by atoms with van der Waals surface area (Å²) in [6.45, 7) is 2.24. The highest BCUT2D eigenvalue weighted by Gasteiger charge is 2.42. The molecule has 7 heteroatoms. The lowest BCUT2D eigenvalue weighted by Crippen LogP contribution is -2.61. The maximum Gasteiger partial charge on any atom is 0.318 e. The summed E-state index contributed by atoms with van der Waals surface area (Å²) in [6.07, 6.45) is 3.67. The lowest BCUT2D eigenvalue weighted by molar-refractivity contribution is -0.139. The summed E-state index contributed by atoms with van der Waals surface area (Å²) < 4.78 is 0. The van der Waals surface area contributed by atoms with Crippen LogP contribution in [0.25, 0.3) is 0 Å². The summed E-state index contributed by atoms with van der Waals surface area (Å²) in [5.41, 5.74) is 4.71. The molecule has 7 nitrogen and oxygen atoms in total. The SMILES string of the molecule is CC1CCC(C(N)=O)CN1C(=O)NC1(CC(=O)O)CCC1. The van der Waals surface area contributed by atoms with Gasteiger partial charge < -0.3 is 21.1 Å². The zero-order valence-electron chi connectivity index (χ0n) is 12.3. The van der Waals surface area contributed by atoms with E-state index >= 15 is 0 Å². The smallest absolute Gasteiger partial charge is 0.318 e. The van der Waals surface area contributed by atoms with Crippen molar-refractivity contribution < 1.29 is 19.5 Å². The third kappa shape index (κ3) is 3.46. The number of hydrogen-bond donors (Lipinski definition) is 3. The number of primary amides is 1. The lowest BCUT2D eigenvalue weighted by atomic mass is 9.74. The van der Waals surface area contributed by atoms with E-state index in [9.17, 15) is 14.4 Å². The highest BCUT2D eigenvalue weighted by atomic mass is 16.4. The number of aliphatic carboxylic acids is 1. The van der Waals surface area contributed by atoms with Gasteiger partial charge in [0.1, 0.15) is 0 Å². The first kappa shape index (κ1) is 15.6. The van der Waals surface area contributed by atoms with Crippen molar-refractivity contribution in [2.24, 2.45) is 11.7 Å². The minimum absolute atomic E-state index is 0.0301. The second-order valence-electron chi connectivity index (χ2n) is 6.31. The van der Waals surface area contributed by atoms with E-state index in [4.69, 9.17) is 10.8 Å². The van der Waals surface area contributed by atoms with Crippen molar-refractivity contribution in [1.29, 1.82) is 0 Å². The third-order valence-corrected chi connectivity index (χ3v) is 4.72. The number of amides is 3. The van der Waals surface area contributed by atoms with Crippen LogP contribution in [-0.4, -0.2) is 46.0 Å². The van der Waals surface area contributed by atoms with E-state index in [0.717, 1.165) is 12.8 Å². The predicted molar refractivity (Wildman–Crippen MR) is 75.5 cm³/mol. The summed E-state index contributed by atoms with van der Waals surface area (Å²) in [4.78, 5) is 36.3. The first-order chi connectivity index (χ1) is 9.83. The van der Waals surface area contributed by atoms with Crippen LogP contribution in [-0.2, 0) is 9.59 Å². The number of carbonyl (C=O) groups is 3. The number of likely N-dealkylation sites (tertiary alicyclic amines) is 1. The quantitative estimate of drug-likeness (QED) is 0.708. The summed E-state index contributed by atoms with van der Waals surface area (Å²) in [5, 5.41) is 11.9. The van der Waals surface area contributed by atoms with Gasteiger partial charge in [-0.15, -0.1) is 0 Å². The van der Waals surface area contributed by atoms with Crippen molar-refractivity contribution in [2.75, 3.05) is 6.54 Å². The molecular formula is C14H23N3O4. The first-order valence-corrected chi connectivity index (χ1v) is 7.43. The summed E-state index contributed by atoms with van der Waals surface area (Å²) in [5.74, 6) is -1.61. The fraction of sp³-hybridized carbons (Fsp3) is 0.786. The number of hydrogen-bond acceptors (Lipinski definition) is 3. The van der Waals surface area contributed by atoms with Crippen LogP contribution in [0.1, 0.15) is 45.4 Å². The molecule has 2 aliphatic rings. The van der Waals surface area contributed by atoms with Crippen molar-refractivity contribution in [2.45, 2.75) is 57.0 Å². The molecule has 0 bridgehead atoms. The van der Waals surface area contributed by atoms with Crippen LogP contribution < -0.4 is 11.1 Å². The summed E-state index contributed by atoms with van der Waals surface area (Å²) in [6, 6.07) is -0.253. The molecule has 0 aromatic heterocycles. The minimum Gasteiger partial charge on any atom is -0.481 e. The fourth-order valence-electron chi connectivity index (χ4n) is 3.16. The standard InChI is InChI=1S/C14H23N3O4/c1-9-3-4-10(12(15)20)8-17(9)13(21)16-14(5-2-6-14)7-11(18)19/h9-10H,2-8H2,1H3,(H2,15,20)(H,16,21)(H,18,19). The Balaban J connectivity index is 2.00. The lowest BCUT2D eigenvalue weighted by Gasteiger charge is -2.45. The number of carboxylic acid groups (broad SMARTS) is 1. The van der Waals surface area contributed by atoms with Gasteiger partial charge in [-0.3, -0.25) is 9.59 Å². The molecule has 2 rings (SSSR count). The Labute approximate surface area is 123 Å². The number of nitrogens with zero attached hydrogens (tertiary/aromatic N) is 1. The average molecular weight is 297 g/mol. The normalized spacial score (nSPS) is 27.6. The average Bonchev–Trinajstić information content (AvgIpc) is 2.35. The number of urea groups is 1. The topological polar surface area (TPSA) is 113 Å². The Morgan fingerprint density at radius 3 is 2.48 bits per heavy atom. The van der Waals surface area contributed by atoms with Crippen LogP contribution in [0, 0.1) is 5.92 Å². The van der Waals surface area contributed by atoms with Gasteiger partial charge in [0.05, 0.1) is 17.9 Å². The fourth-order valence-corrected chi connectivity index (χ4v) is 3.16. The molecule has 0 aromatic rings. The molecule has 4 N–H and O–H groups in total. The van der Waals surface area contributed by atoms with Gasteiger partial charge in [0.2, 0.25) is 5.91 Å². The van der Waals surface area contributed by atoms with E-state index in [1.165, 1.54) is 0 Å². The first-order valence-electron chi connectivity index (χ1n) is 7.43. The van der Waals surface area contributed by atoms with Gasteiger partial charge in [-0.1, -0.05) is 0 Å². The molecule has 1 saturated heterocycles. The molecule has 2 fully saturated rings. The Morgan fingerprint density at radius 1 is 1.33 bits per heavy atom. The molecule has 0 spiro atoms. The van der Waals surface area contributed by atoms with Gasteiger partial charge in [-0.25, -0.2) is 4.79 Å². The van der Waals surface area contributed by atoms with Crippen molar-refractivity contribution in [3.63, 3.8) is 0 Å². The van der Waals surface area contributed by atoms with Gasteiger partial charge in [0.25, 0.3) is 0 Å². The van der Waals surface area contributed by atoms with Crippen LogP contribution in [0.4, 0.5) is 4.79 Å². The molecule has 3 amide bonds. The number of carbonyl (C=O) groups excluding carboxylic acids is 2. The van der Waals surface area contributed by atoms with Crippen LogP contribution in [0.15, 0.2) is 0 Å². The maximum atomic E-state index is 12.4. The molecule has 21 heavy (non-hydrogen) atoms. The van der Waals surface area contributed by atoms with E-state index in [1.807, 2.05) is 6.92 Å². The van der Waals surface area contributed by atoms with E-state index in [-0.39, 0.29) is 30.3 Å². The Morgan fingerprint density at radius 2 is 2.00 bits per heavy atom. The Kier molecular flexibility index (Phi) is 4.39. The van der Waals surface area contributed by atoms with E-state index < -0.39 is 11.5 Å². The molecule has 118 valence electrons. The number of nitrogens with one attached hydrogen (secondary N) is 1. The molecular weight excluding hydrogens is 274 g/mol. The minimum atomic E-state index is -0.906. The van der Waals surface area contributed by atoms with Gasteiger partial charge >= 0.3 is 12.0 Å². The Hall–Kier alpha value is -1.79. The second-order valence-corrected chi connectivity index (χ2v) is 6.31. The predicted octanol–water partition coefficient (Wildman–Crippen LogP) is 0.679. The molecule has 2 atom stereocenters. The largest absolute Gasteiger partial charge is 0.481 e. The van der Waals surface area contributed by atoms with Gasteiger partial charge in [0, 0.05) is 12.6 Å². The number of rotatable bonds is 4. The molecule has 0 radical (unpaired) electrons. The van der Waals surface area contributed by atoms with Crippen LogP contribution >= 0.6 is 0 Å². The molecule has 1 heterocycles. The van der Waals surface area contributed by atoms with E-state index in [0.29, 0.717) is 25.8 Å². The van der Waals surface area contributed by atoms with E-state index in [2.05, 4.69) is 5.32 Å². The summed E-state index contributed by atoms with van der Waals surface area (Å²) >= 11 is 0. The van der Waals surface area contributed by atoms with Crippen molar-refractivity contribution in [3.8, 4) is 0 Å². The third-order valence-electron chi connectivity index (χ3n) is 4.72. The monoisotopic (exact) mass is 297 g/mol. The highest BCUT2D eigenvalue weighted by molar-refractivity contribution is 5.80. The second kappa shape index (κ2) is 5.91. The van der Waals surface area contributed by atoms with Gasteiger partial charge in [0.15, 0.2) is 0 Å². The number of nitrogens with two attached hydrogens (primary N) is 1. The van der Waals surface area contributed by atoms with Gasteiger partial charge in [-0.05, 0) is 39.0 Å². The Bertz CT molecular complexity index is 448. The van der Waals surface area contributed by atoms with Crippen molar-refractivity contribution in [3.05, 3.63) is 0 Å². The van der Waals surface area contributed by atoms with E-state index in [1.54, 1.807) is 4.90 Å². The van der Waals surface area contributed by atoms with Crippen LogP contribution in [0.2, 0.25) is 0 Å². The highest BCUT2D eigenvalue weighted by Crippen LogP contribution is 2.35. The zero-order chi connectivity index (χ0) is 15.6. The molecule has 1 saturated carbocycles. The van der Waals surface area contributed by atoms with Crippen LogP contribution in [0.5, 0.6) is 0 Å². The summed E-state index contributed by atoms with van der Waals surface area (Å²) in [7, 11) is 0. The molecule has 0 aromatic carbocycles. The number of carboxylic acids is 1. The molecule has 1 aliphatic heterocycles. The molecule has 1 aliphatic carbocycles. The van der Waals surface area contributed by atoms with Crippen molar-refractivity contribution in [1.82, 2.24) is 10.2 Å². The van der Waals surface area contributed by atoms with Crippen LogP contribution in [0.3, 0.4) is 0 Å². The maximum absolute atomic E-state index is 12.4.